The van der Waals surface area contributed by atoms with Crippen LogP contribution in [0.15, 0.2) is 24.3 Å². The van der Waals surface area contributed by atoms with E-state index in [4.69, 9.17) is 5.73 Å². The molecule has 1 saturated heterocycles. The van der Waals surface area contributed by atoms with E-state index in [0.29, 0.717) is 12.0 Å². The number of hydrogen-bond donors (Lipinski definition) is 1. The zero-order valence-electron chi connectivity index (χ0n) is 12.8. The molecule has 0 radical (unpaired) electrons. The predicted octanol–water partition coefficient (Wildman–Crippen LogP) is 3.33. The quantitative estimate of drug-likeness (QED) is 0.900. The summed E-state index contributed by atoms with van der Waals surface area (Å²) in [6.07, 6.45) is 2.37. The summed E-state index contributed by atoms with van der Waals surface area (Å²) in [5, 5.41) is 0. The Labute approximate surface area is 118 Å². The average Bonchev–Trinajstić information content (AvgIpc) is 2.80. The third-order valence-electron chi connectivity index (χ3n) is 4.93. The van der Waals surface area contributed by atoms with Gasteiger partial charge in [0.25, 0.3) is 0 Å². The maximum atomic E-state index is 5.81. The summed E-state index contributed by atoms with van der Waals surface area (Å²) >= 11 is 0. The SMILES string of the molecule is CCC(C)(C)c1ccc(C2CC(CN)CN2C)cc1. The lowest BCUT2D eigenvalue weighted by Gasteiger charge is -2.25. The number of hydrogen-bond acceptors (Lipinski definition) is 2. The fraction of sp³-hybridized carbons (Fsp3) is 0.647. The van der Waals surface area contributed by atoms with E-state index in [2.05, 4.69) is 57.0 Å². The summed E-state index contributed by atoms with van der Waals surface area (Å²) in [7, 11) is 2.21. The summed E-state index contributed by atoms with van der Waals surface area (Å²) in [6.45, 7) is 8.82. The molecule has 0 saturated carbocycles. The van der Waals surface area contributed by atoms with Crippen molar-refractivity contribution in [3.05, 3.63) is 35.4 Å². The van der Waals surface area contributed by atoms with Crippen LogP contribution in [0.5, 0.6) is 0 Å². The van der Waals surface area contributed by atoms with E-state index in [1.54, 1.807) is 0 Å². The molecule has 2 unspecified atom stereocenters. The topological polar surface area (TPSA) is 29.3 Å². The van der Waals surface area contributed by atoms with Gasteiger partial charge in [0.15, 0.2) is 0 Å². The smallest absolute Gasteiger partial charge is 0.0348 e. The fourth-order valence-electron chi connectivity index (χ4n) is 3.03. The highest BCUT2D eigenvalue weighted by atomic mass is 15.2. The van der Waals surface area contributed by atoms with Gasteiger partial charge in [0.1, 0.15) is 0 Å². The first-order valence-corrected chi connectivity index (χ1v) is 7.48. The molecule has 0 aromatic heterocycles. The maximum absolute atomic E-state index is 5.81. The molecule has 1 aromatic carbocycles. The summed E-state index contributed by atoms with van der Waals surface area (Å²) < 4.78 is 0. The molecule has 106 valence electrons. The summed E-state index contributed by atoms with van der Waals surface area (Å²) in [5.74, 6) is 0.654. The molecule has 1 aliphatic rings. The van der Waals surface area contributed by atoms with E-state index in [0.717, 1.165) is 13.1 Å². The Morgan fingerprint density at radius 2 is 1.89 bits per heavy atom. The van der Waals surface area contributed by atoms with Gasteiger partial charge in [0.05, 0.1) is 0 Å². The monoisotopic (exact) mass is 260 g/mol. The van der Waals surface area contributed by atoms with Gasteiger partial charge in [-0.25, -0.2) is 0 Å². The van der Waals surface area contributed by atoms with Gasteiger partial charge in [-0.05, 0) is 48.9 Å². The molecule has 2 atom stereocenters. The van der Waals surface area contributed by atoms with Gasteiger partial charge < -0.3 is 5.73 Å². The second-order valence-electron chi connectivity index (χ2n) is 6.65. The minimum absolute atomic E-state index is 0.278. The van der Waals surface area contributed by atoms with Crippen LogP contribution in [-0.2, 0) is 5.41 Å². The zero-order valence-corrected chi connectivity index (χ0v) is 12.8. The minimum Gasteiger partial charge on any atom is -0.330 e. The number of nitrogens with zero attached hydrogens (tertiary/aromatic N) is 1. The molecule has 0 spiro atoms. The van der Waals surface area contributed by atoms with Crippen LogP contribution in [0.25, 0.3) is 0 Å². The first kappa shape index (κ1) is 14.5. The Kier molecular flexibility index (Phi) is 4.32. The number of benzene rings is 1. The van der Waals surface area contributed by atoms with Crippen LogP contribution < -0.4 is 5.73 Å². The molecule has 2 N–H and O–H groups in total. The van der Waals surface area contributed by atoms with E-state index in [1.165, 1.54) is 24.0 Å². The van der Waals surface area contributed by atoms with Crippen LogP contribution in [0.2, 0.25) is 0 Å². The maximum Gasteiger partial charge on any atom is 0.0348 e. The van der Waals surface area contributed by atoms with Crippen molar-refractivity contribution in [3.8, 4) is 0 Å². The van der Waals surface area contributed by atoms with Crippen LogP contribution in [-0.4, -0.2) is 25.0 Å². The van der Waals surface area contributed by atoms with Crippen molar-refractivity contribution in [2.24, 2.45) is 11.7 Å². The van der Waals surface area contributed by atoms with Crippen molar-refractivity contribution < 1.29 is 0 Å². The van der Waals surface area contributed by atoms with Crippen molar-refractivity contribution >= 4 is 0 Å². The number of likely N-dealkylation sites (tertiary alicyclic amines) is 1. The largest absolute Gasteiger partial charge is 0.330 e. The highest BCUT2D eigenvalue weighted by molar-refractivity contribution is 5.30. The molecule has 0 bridgehead atoms. The third kappa shape index (κ3) is 3.01. The van der Waals surface area contributed by atoms with Crippen molar-refractivity contribution in [2.45, 2.75) is 45.1 Å². The van der Waals surface area contributed by atoms with Crippen molar-refractivity contribution in [3.63, 3.8) is 0 Å². The molecule has 0 amide bonds. The van der Waals surface area contributed by atoms with E-state index in [1.807, 2.05) is 0 Å². The highest BCUT2D eigenvalue weighted by Crippen LogP contribution is 2.35. The van der Waals surface area contributed by atoms with Crippen molar-refractivity contribution in [1.82, 2.24) is 4.90 Å². The Balaban J connectivity index is 2.15. The molecule has 2 heteroatoms. The lowest BCUT2D eigenvalue weighted by molar-refractivity contribution is 0.313. The lowest BCUT2D eigenvalue weighted by atomic mass is 9.81. The van der Waals surface area contributed by atoms with Gasteiger partial charge in [0, 0.05) is 12.6 Å². The normalized spacial score (nSPS) is 24.9. The Bertz CT molecular complexity index is 408. The Morgan fingerprint density at radius 3 is 2.37 bits per heavy atom. The molecule has 1 heterocycles. The van der Waals surface area contributed by atoms with Gasteiger partial charge in [-0.2, -0.15) is 0 Å². The second-order valence-corrected chi connectivity index (χ2v) is 6.65. The molecule has 0 aliphatic carbocycles. The number of rotatable bonds is 4. The van der Waals surface area contributed by atoms with Crippen LogP contribution in [0.1, 0.15) is 50.8 Å². The zero-order chi connectivity index (χ0) is 14.0. The van der Waals surface area contributed by atoms with E-state index in [9.17, 15) is 0 Å². The molecule has 1 fully saturated rings. The van der Waals surface area contributed by atoms with Crippen molar-refractivity contribution in [1.29, 1.82) is 0 Å². The average molecular weight is 260 g/mol. The summed E-state index contributed by atoms with van der Waals surface area (Å²) in [5.41, 5.74) is 8.97. The molecule has 1 aromatic rings. The minimum atomic E-state index is 0.278. The van der Waals surface area contributed by atoms with Crippen molar-refractivity contribution in [2.75, 3.05) is 20.1 Å². The first-order chi connectivity index (χ1) is 8.97. The predicted molar refractivity (Wildman–Crippen MR) is 82.3 cm³/mol. The van der Waals surface area contributed by atoms with Crippen LogP contribution in [0.4, 0.5) is 0 Å². The van der Waals surface area contributed by atoms with Gasteiger partial charge >= 0.3 is 0 Å². The van der Waals surface area contributed by atoms with E-state index in [-0.39, 0.29) is 5.41 Å². The summed E-state index contributed by atoms with van der Waals surface area (Å²) in [4.78, 5) is 2.44. The second kappa shape index (κ2) is 5.64. The fourth-order valence-corrected chi connectivity index (χ4v) is 3.03. The molecular weight excluding hydrogens is 232 g/mol. The Morgan fingerprint density at radius 1 is 1.26 bits per heavy atom. The van der Waals surface area contributed by atoms with E-state index < -0.39 is 0 Å². The highest BCUT2D eigenvalue weighted by Gasteiger charge is 2.29. The third-order valence-corrected chi connectivity index (χ3v) is 4.93. The molecule has 1 aliphatic heterocycles. The van der Waals surface area contributed by atoms with Gasteiger partial charge in [-0.15, -0.1) is 0 Å². The Hall–Kier alpha value is -0.860. The summed E-state index contributed by atoms with van der Waals surface area (Å²) in [6, 6.07) is 9.79. The molecular formula is C17H28N2. The van der Waals surface area contributed by atoms with Crippen LogP contribution in [0, 0.1) is 5.92 Å². The molecule has 2 nitrogen and oxygen atoms in total. The van der Waals surface area contributed by atoms with E-state index >= 15 is 0 Å². The molecule has 19 heavy (non-hydrogen) atoms. The van der Waals surface area contributed by atoms with Gasteiger partial charge in [-0.1, -0.05) is 45.0 Å². The molecule has 2 rings (SSSR count). The first-order valence-electron chi connectivity index (χ1n) is 7.48. The van der Waals surface area contributed by atoms with Gasteiger partial charge in [0.2, 0.25) is 0 Å². The van der Waals surface area contributed by atoms with Crippen LogP contribution in [0.3, 0.4) is 0 Å². The van der Waals surface area contributed by atoms with Gasteiger partial charge in [-0.3, -0.25) is 4.90 Å². The standard InChI is InChI=1S/C17H28N2/c1-5-17(2,3)15-8-6-14(7-9-15)16-10-13(11-18)12-19(16)4/h6-9,13,16H,5,10-12,18H2,1-4H3. The lowest BCUT2D eigenvalue weighted by Crippen LogP contribution is -2.21. The van der Waals surface area contributed by atoms with Crippen LogP contribution >= 0.6 is 0 Å². The number of nitrogens with two attached hydrogens (primary N) is 1.